The normalized spacial score (nSPS) is 16.7. The zero-order valence-corrected chi connectivity index (χ0v) is 9.23. The maximum Gasteiger partial charge on any atom is 0.330 e. The Morgan fingerprint density at radius 2 is 2.07 bits per heavy atom. The third-order valence-electron chi connectivity index (χ3n) is 1.91. The van der Waals surface area contributed by atoms with E-state index in [2.05, 4.69) is 5.32 Å². The molecule has 1 aliphatic rings. The summed E-state index contributed by atoms with van der Waals surface area (Å²) >= 11 is 0. The second-order valence-corrected chi connectivity index (χ2v) is 3.24. The molecule has 14 heavy (non-hydrogen) atoms. The third-order valence-corrected chi connectivity index (χ3v) is 1.91. The molecule has 82 valence electrons. The minimum atomic E-state index is -0.757. The fraction of sp³-hybridized carbons (Fsp3) is 0.778. The van der Waals surface area contributed by atoms with E-state index in [-0.39, 0.29) is 18.2 Å². The Bertz CT molecular complexity index is 216. The summed E-state index contributed by atoms with van der Waals surface area (Å²) in [6, 6.07) is -0.425. The maximum absolute atomic E-state index is 11.2. The van der Waals surface area contributed by atoms with Gasteiger partial charge >= 0.3 is 5.97 Å². The Morgan fingerprint density at radius 1 is 1.50 bits per heavy atom. The van der Waals surface area contributed by atoms with Crippen LogP contribution in [0.2, 0.25) is 0 Å². The standard InChI is InChI=1S/C9H15NO3.ClH/c1-3-13-9(12)8(6(2)11)10-7-4-5-7;/h7-8,10H,3-5H2,1-2H3;1H. The first-order valence-corrected chi connectivity index (χ1v) is 4.58. The van der Waals surface area contributed by atoms with Crippen LogP contribution >= 0.6 is 12.4 Å². The van der Waals surface area contributed by atoms with Gasteiger partial charge in [-0.25, -0.2) is 4.79 Å². The molecule has 0 spiro atoms. The molecular weight excluding hydrogens is 206 g/mol. The molecular formula is C9H16ClNO3. The minimum Gasteiger partial charge on any atom is -0.464 e. The van der Waals surface area contributed by atoms with Crippen LogP contribution in [0.3, 0.4) is 0 Å². The smallest absolute Gasteiger partial charge is 0.330 e. The highest BCUT2D eigenvalue weighted by Crippen LogP contribution is 2.19. The number of carbonyl (C=O) groups is 2. The Labute approximate surface area is 89.8 Å². The quantitative estimate of drug-likeness (QED) is 0.548. The van der Waals surface area contributed by atoms with Crippen molar-refractivity contribution in [1.29, 1.82) is 0 Å². The van der Waals surface area contributed by atoms with Crippen LogP contribution in [-0.2, 0) is 14.3 Å². The van der Waals surface area contributed by atoms with E-state index in [4.69, 9.17) is 4.74 Å². The van der Waals surface area contributed by atoms with Crippen LogP contribution in [0.5, 0.6) is 0 Å². The summed E-state index contributed by atoms with van der Waals surface area (Å²) in [5.74, 6) is -0.632. The van der Waals surface area contributed by atoms with Crippen molar-refractivity contribution >= 4 is 24.2 Å². The molecule has 1 N–H and O–H groups in total. The number of hydrogen-bond donors (Lipinski definition) is 1. The number of nitrogens with one attached hydrogen (secondary N) is 1. The fourth-order valence-corrected chi connectivity index (χ4v) is 1.06. The molecule has 1 atom stereocenters. The average Bonchev–Trinajstić information content (AvgIpc) is 2.83. The van der Waals surface area contributed by atoms with Crippen LogP contribution in [0.25, 0.3) is 0 Å². The van der Waals surface area contributed by atoms with Gasteiger partial charge in [0.05, 0.1) is 6.61 Å². The summed E-state index contributed by atoms with van der Waals surface area (Å²) < 4.78 is 4.77. The van der Waals surface area contributed by atoms with Crippen LogP contribution in [0, 0.1) is 0 Å². The second kappa shape index (κ2) is 5.98. The lowest BCUT2D eigenvalue weighted by molar-refractivity contribution is -0.148. The SMILES string of the molecule is CCOC(=O)C(NC1CC1)C(C)=O.Cl. The largest absolute Gasteiger partial charge is 0.464 e. The van der Waals surface area contributed by atoms with Crippen molar-refractivity contribution in [3.63, 3.8) is 0 Å². The van der Waals surface area contributed by atoms with Gasteiger partial charge < -0.3 is 4.74 Å². The van der Waals surface area contributed by atoms with Crippen molar-refractivity contribution in [2.24, 2.45) is 0 Å². The summed E-state index contributed by atoms with van der Waals surface area (Å²) in [6.07, 6.45) is 2.09. The van der Waals surface area contributed by atoms with Crippen LogP contribution in [-0.4, -0.2) is 30.4 Å². The number of halogens is 1. The molecule has 1 saturated carbocycles. The first kappa shape index (κ1) is 13.4. The third kappa shape index (κ3) is 4.07. The average molecular weight is 222 g/mol. The molecule has 0 bridgehead atoms. The van der Waals surface area contributed by atoms with Gasteiger partial charge in [-0.15, -0.1) is 12.4 Å². The molecule has 4 nitrogen and oxygen atoms in total. The Kier molecular flexibility index (Phi) is 5.72. The molecule has 0 heterocycles. The fourth-order valence-electron chi connectivity index (χ4n) is 1.06. The van der Waals surface area contributed by atoms with E-state index >= 15 is 0 Å². The summed E-state index contributed by atoms with van der Waals surface area (Å²) in [5, 5.41) is 2.95. The molecule has 1 rings (SSSR count). The maximum atomic E-state index is 11.2. The second-order valence-electron chi connectivity index (χ2n) is 3.24. The Hall–Kier alpha value is -0.610. The molecule has 0 aromatic carbocycles. The van der Waals surface area contributed by atoms with E-state index in [0.29, 0.717) is 12.6 Å². The highest BCUT2D eigenvalue weighted by Gasteiger charge is 2.31. The molecule has 0 aromatic heterocycles. The molecule has 0 saturated heterocycles. The van der Waals surface area contributed by atoms with E-state index in [0.717, 1.165) is 12.8 Å². The Balaban J connectivity index is 0.00000169. The zero-order chi connectivity index (χ0) is 9.84. The van der Waals surface area contributed by atoms with Gasteiger partial charge in [0.15, 0.2) is 11.8 Å². The van der Waals surface area contributed by atoms with Crippen LogP contribution in [0.4, 0.5) is 0 Å². The van der Waals surface area contributed by atoms with E-state index < -0.39 is 12.0 Å². The zero-order valence-electron chi connectivity index (χ0n) is 8.41. The monoisotopic (exact) mass is 221 g/mol. The highest BCUT2D eigenvalue weighted by molar-refractivity contribution is 6.01. The van der Waals surface area contributed by atoms with E-state index in [1.54, 1.807) is 6.92 Å². The highest BCUT2D eigenvalue weighted by atomic mass is 35.5. The molecule has 1 unspecified atom stereocenters. The molecule has 0 radical (unpaired) electrons. The summed E-state index contributed by atoms with van der Waals surface area (Å²) in [5.41, 5.74) is 0. The lowest BCUT2D eigenvalue weighted by atomic mass is 10.2. The Morgan fingerprint density at radius 3 is 2.43 bits per heavy atom. The number of esters is 1. The van der Waals surface area contributed by atoms with Gasteiger partial charge in [0.2, 0.25) is 0 Å². The predicted molar refractivity (Wildman–Crippen MR) is 54.5 cm³/mol. The first-order valence-electron chi connectivity index (χ1n) is 4.58. The number of ketones is 1. The lowest BCUT2D eigenvalue weighted by Crippen LogP contribution is -2.44. The number of Topliss-reactive ketones (excluding diaryl/α,β-unsaturated/α-hetero) is 1. The van der Waals surface area contributed by atoms with E-state index in [1.807, 2.05) is 0 Å². The predicted octanol–water partition coefficient (Wildman–Crippen LogP) is 0.681. The van der Waals surface area contributed by atoms with Gasteiger partial charge in [-0.2, -0.15) is 0 Å². The minimum absolute atomic E-state index is 0. The number of ether oxygens (including phenoxy) is 1. The van der Waals surface area contributed by atoms with Gasteiger partial charge in [-0.3, -0.25) is 10.1 Å². The van der Waals surface area contributed by atoms with Crippen molar-refractivity contribution in [3.05, 3.63) is 0 Å². The molecule has 5 heteroatoms. The van der Waals surface area contributed by atoms with Crippen LogP contribution < -0.4 is 5.32 Å². The van der Waals surface area contributed by atoms with Crippen molar-refractivity contribution in [1.82, 2.24) is 5.32 Å². The van der Waals surface area contributed by atoms with E-state index in [9.17, 15) is 9.59 Å². The number of hydrogen-bond acceptors (Lipinski definition) is 4. The summed E-state index contributed by atoms with van der Waals surface area (Å²) in [6.45, 7) is 3.44. The van der Waals surface area contributed by atoms with E-state index in [1.165, 1.54) is 6.92 Å². The molecule has 0 aliphatic heterocycles. The van der Waals surface area contributed by atoms with Gasteiger partial charge in [0.25, 0.3) is 0 Å². The number of carbonyl (C=O) groups excluding carboxylic acids is 2. The first-order chi connectivity index (χ1) is 6.15. The molecule has 0 aromatic rings. The van der Waals surface area contributed by atoms with Gasteiger partial charge in [0.1, 0.15) is 0 Å². The summed E-state index contributed by atoms with van der Waals surface area (Å²) in [4.78, 5) is 22.3. The van der Waals surface area contributed by atoms with Crippen LogP contribution in [0.15, 0.2) is 0 Å². The van der Waals surface area contributed by atoms with Crippen molar-refractivity contribution in [2.75, 3.05) is 6.61 Å². The van der Waals surface area contributed by atoms with Gasteiger partial charge in [0, 0.05) is 6.04 Å². The van der Waals surface area contributed by atoms with Gasteiger partial charge in [-0.1, -0.05) is 0 Å². The molecule has 0 amide bonds. The number of rotatable bonds is 5. The van der Waals surface area contributed by atoms with Crippen molar-refractivity contribution in [2.45, 2.75) is 38.8 Å². The van der Waals surface area contributed by atoms with Gasteiger partial charge in [-0.05, 0) is 26.7 Å². The van der Waals surface area contributed by atoms with Crippen molar-refractivity contribution < 1.29 is 14.3 Å². The summed E-state index contributed by atoms with van der Waals surface area (Å²) in [7, 11) is 0. The topological polar surface area (TPSA) is 55.4 Å². The van der Waals surface area contributed by atoms with Crippen LogP contribution in [0.1, 0.15) is 26.7 Å². The molecule has 1 aliphatic carbocycles. The lowest BCUT2D eigenvalue weighted by Gasteiger charge is -2.13. The molecule has 1 fully saturated rings. The van der Waals surface area contributed by atoms with Crippen molar-refractivity contribution in [3.8, 4) is 0 Å².